The molecule has 2 aliphatic rings. The van der Waals surface area contributed by atoms with Crippen molar-refractivity contribution >= 4 is 23.8 Å². The van der Waals surface area contributed by atoms with Crippen LogP contribution < -0.4 is 31.1 Å². The van der Waals surface area contributed by atoms with Crippen molar-refractivity contribution < 1.29 is 0 Å². The van der Waals surface area contributed by atoms with E-state index in [0.717, 1.165) is 103 Å². The third-order valence-electron chi connectivity index (χ3n) is 11.1. The van der Waals surface area contributed by atoms with Gasteiger partial charge in [-0.15, -0.1) is 0 Å². The lowest BCUT2D eigenvalue weighted by atomic mass is 9.79. The van der Waals surface area contributed by atoms with Crippen LogP contribution in [0.4, 0.5) is 23.8 Å². The van der Waals surface area contributed by atoms with Gasteiger partial charge in [-0.3, -0.25) is 0 Å². The largest absolute Gasteiger partial charge is 0.352 e. The monoisotopic (exact) mass is 753 g/mol. The predicted molar refractivity (Wildman–Crippen MR) is 225 cm³/mol. The number of hydrogen-bond donors (Lipinski definition) is 4. The minimum Gasteiger partial charge on any atom is -0.352 e. The van der Waals surface area contributed by atoms with Gasteiger partial charge in [0.25, 0.3) is 0 Å². The van der Waals surface area contributed by atoms with E-state index in [1.807, 2.05) is 0 Å². The van der Waals surface area contributed by atoms with Crippen LogP contribution in [0.2, 0.25) is 0 Å². The summed E-state index contributed by atoms with van der Waals surface area (Å²) >= 11 is 0. The summed E-state index contributed by atoms with van der Waals surface area (Å²) < 4.78 is 0. The zero-order valence-corrected chi connectivity index (χ0v) is 36.1. The van der Waals surface area contributed by atoms with Crippen molar-refractivity contribution in [2.24, 2.45) is 0 Å². The van der Waals surface area contributed by atoms with E-state index in [1.165, 1.54) is 0 Å². The molecule has 4 heterocycles. The van der Waals surface area contributed by atoms with Gasteiger partial charge in [0.05, 0.1) is 0 Å². The van der Waals surface area contributed by atoms with Crippen LogP contribution in [0.3, 0.4) is 0 Å². The van der Waals surface area contributed by atoms with Gasteiger partial charge in [0.15, 0.2) is 0 Å². The van der Waals surface area contributed by atoms with Crippen LogP contribution in [-0.2, 0) is 0 Å². The van der Waals surface area contributed by atoms with Gasteiger partial charge in [0, 0.05) is 60.4 Å². The van der Waals surface area contributed by atoms with Crippen LogP contribution in [0.5, 0.6) is 0 Å². The number of hydrogen-bond acceptors (Lipinski definition) is 14. The maximum Gasteiger partial charge on any atom is 0.230 e. The Morgan fingerprint density at radius 2 is 0.870 bits per heavy atom. The van der Waals surface area contributed by atoms with E-state index in [4.69, 9.17) is 19.9 Å². The summed E-state index contributed by atoms with van der Waals surface area (Å²) in [5, 5.41) is 14.5. The first-order valence-electron chi connectivity index (χ1n) is 20.9. The fourth-order valence-electron chi connectivity index (χ4n) is 9.25. The molecule has 2 aromatic heterocycles. The van der Waals surface area contributed by atoms with E-state index in [-0.39, 0.29) is 22.2 Å². The van der Waals surface area contributed by atoms with E-state index >= 15 is 0 Å². The van der Waals surface area contributed by atoms with Crippen LogP contribution in [0.25, 0.3) is 0 Å². The van der Waals surface area contributed by atoms with Crippen LogP contribution in [-0.4, -0.2) is 139 Å². The molecule has 4 N–H and O–H groups in total. The first-order chi connectivity index (χ1) is 25.5. The molecule has 0 aromatic carbocycles. The third-order valence-corrected chi connectivity index (χ3v) is 11.1. The van der Waals surface area contributed by atoms with Gasteiger partial charge in [-0.05, 0) is 133 Å². The fraction of sp³-hybridized carbons (Fsp3) is 0.850. The summed E-state index contributed by atoms with van der Waals surface area (Å²) in [6, 6.07) is 0.642. The highest BCUT2D eigenvalue weighted by Gasteiger charge is 2.42. The Kier molecular flexibility index (Phi) is 15.6. The highest BCUT2D eigenvalue weighted by Crippen LogP contribution is 2.34. The molecular weight excluding hydrogens is 677 g/mol. The number of nitrogens with zero attached hydrogens (tertiary/aromatic N) is 10. The van der Waals surface area contributed by atoms with E-state index in [0.29, 0.717) is 37.1 Å². The van der Waals surface area contributed by atoms with Gasteiger partial charge < -0.3 is 40.9 Å². The summed E-state index contributed by atoms with van der Waals surface area (Å²) in [7, 11) is 0. The van der Waals surface area contributed by atoms with E-state index in [1.54, 1.807) is 12.7 Å². The van der Waals surface area contributed by atoms with Crippen molar-refractivity contribution in [1.82, 2.24) is 50.3 Å². The van der Waals surface area contributed by atoms with Gasteiger partial charge >= 0.3 is 0 Å². The summed E-state index contributed by atoms with van der Waals surface area (Å²) in [6.45, 7) is 36.7. The lowest BCUT2D eigenvalue weighted by molar-refractivity contribution is 0.156. The predicted octanol–water partition coefficient (Wildman–Crippen LogP) is 5.28. The first-order valence-corrected chi connectivity index (χ1v) is 20.9. The molecule has 0 unspecified atom stereocenters. The number of aromatic nitrogens is 6. The lowest BCUT2D eigenvalue weighted by Gasteiger charge is -2.49. The molecule has 0 spiro atoms. The molecule has 2 saturated heterocycles. The Balaban J connectivity index is 1.43. The average Bonchev–Trinajstić information content (AvgIpc) is 3.08. The molecule has 2 aliphatic heterocycles. The van der Waals surface area contributed by atoms with Crippen molar-refractivity contribution in [3.05, 3.63) is 12.7 Å². The summed E-state index contributed by atoms with van der Waals surface area (Å²) in [5.74, 6) is 2.64. The van der Waals surface area contributed by atoms with Crippen molar-refractivity contribution in [1.29, 1.82) is 0 Å². The van der Waals surface area contributed by atoms with Crippen molar-refractivity contribution in [3.8, 4) is 0 Å². The molecule has 0 amide bonds. The normalized spacial score (nSPS) is 19.6. The zero-order valence-electron chi connectivity index (χ0n) is 36.1. The number of piperidine rings is 2. The summed E-state index contributed by atoms with van der Waals surface area (Å²) in [6.07, 6.45) is 9.48. The quantitative estimate of drug-likeness (QED) is 0.123. The Labute approximate surface area is 327 Å². The maximum atomic E-state index is 4.97. The molecule has 4 rings (SSSR count). The SMILES string of the molecule is CCN(CC)CCCN(c1ncnc(NCCNc2ncnc(N(CCCN(CC)CC)C3CC(C)(C)NC(C)(C)C3)n2)n1)C1CC(C)(C)NC(C)(C)C1. The van der Waals surface area contributed by atoms with E-state index in [9.17, 15) is 0 Å². The van der Waals surface area contributed by atoms with Crippen LogP contribution in [0, 0.1) is 0 Å². The summed E-state index contributed by atoms with van der Waals surface area (Å²) in [4.78, 5) is 38.2. The highest BCUT2D eigenvalue weighted by atomic mass is 15.3. The molecular formula is C40H76N14. The molecule has 2 aromatic rings. The molecule has 306 valence electrons. The van der Waals surface area contributed by atoms with Crippen LogP contribution >= 0.6 is 0 Å². The van der Waals surface area contributed by atoms with Gasteiger partial charge in [0.1, 0.15) is 12.7 Å². The van der Waals surface area contributed by atoms with Crippen molar-refractivity contribution in [3.63, 3.8) is 0 Å². The van der Waals surface area contributed by atoms with Gasteiger partial charge in [-0.2, -0.15) is 9.97 Å². The maximum absolute atomic E-state index is 4.97. The van der Waals surface area contributed by atoms with Crippen LogP contribution in [0.15, 0.2) is 12.7 Å². The molecule has 14 nitrogen and oxygen atoms in total. The summed E-state index contributed by atoms with van der Waals surface area (Å²) in [5.41, 5.74) is 0.0609. The number of rotatable bonds is 21. The van der Waals surface area contributed by atoms with Crippen molar-refractivity contribution in [2.45, 2.75) is 156 Å². The standard InChI is InChI=1S/C40H76N14/c1-13-51(14-2)21-17-23-53(31-25-37(5,6)49-38(7,8)26-31)35-45-29-43-33(47-35)41-19-20-42-34-44-30-46-36(48-34)54(24-18-22-52(15-3)16-4)32-27-39(9,10)50-40(11,12)28-32/h29-32,49-50H,13-28H2,1-12H3,(H,41,43,45,47)(H,42,44,46,48). The van der Waals surface area contributed by atoms with Crippen molar-refractivity contribution in [2.75, 3.05) is 85.9 Å². The van der Waals surface area contributed by atoms with Gasteiger partial charge in [0.2, 0.25) is 23.8 Å². The number of nitrogens with one attached hydrogen (secondary N) is 4. The topological polar surface area (TPSA) is 138 Å². The minimum atomic E-state index is 0.0152. The van der Waals surface area contributed by atoms with Gasteiger partial charge in [-0.1, -0.05) is 27.7 Å². The molecule has 0 radical (unpaired) electrons. The fourth-order valence-corrected chi connectivity index (χ4v) is 9.25. The zero-order chi connectivity index (χ0) is 39.6. The van der Waals surface area contributed by atoms with Gasteiger partial charge in [-0.25, -0.2) is 19.9 Å². The second-order valence-corrected chi connectivity index (χ2v) is 18.1. The molecule has 0 saturated carbocycles. The second kappa shape index (κ2) is 19.3. The Morgan fingerprint density at radius 3 is 1.19 bits per heavy atom. The second-order valence-electron chi connectivity index (χ2n) is 18.1. The Hall–Kier alpha value is -2.94. The van der Waals surface area contributed by atoms with E-state index < -0.39 is 0 Å². The molecule has 0 aliphatic carbocycles. The molecule has 54 heavy (non-hydrogen) atoms. The number of anilines is 4. The molecule has 2 fully saturated rings. The lowest BCUT2D eigenvalue weighted by Crippen LogP contribution is -2.62. The minimum absolute atomic E-state index is 0.0152. The highest BCUT2D eigenvalue weighted by molar-refractivity contribution is 5.40. The Morgan fingerprint density at radius 1 is 0.537 bits per heavy atom. The molecule has 0 bridgehead atoms. The molecule has 14 heteroatoms. The van der Waals surface area contributed by atoms with Crippen LogP contribution in [0.1, 0.15) is 122 Å². The smallest absolute Gasteiger partial charge is 0.230 e. The third kappa shape index (κ3) is 13.4. The van der Waals surface area contributed by atoms with E-state index in [2.05, 4.69) is 134 Å². The first kappa shape index (κ1) is 43.8. The average molecular weight is 753 g/mol. The Bertz CT molecular complexity index is 1270. The molecule has 0 atom stereocenters.